The highest BCUT2D eigenvalue weighted by molar-refractivity contribution is 7.93. The van der Waals surface area contributed by atoms with E-state index in [-0.39, 0.29) is 15.7 Å². The molecule has 5 nitrogen and oxygen atoms in total. The third kappa shape index (κ3) is 4.41. The van der Waals surface area contributed by atoms with Crippen molar-refractivity contribution in [1.29, 1.82) is 0 Å². The summed E-state index contributed by atoms with van der Waals surface area (Å²) in [6.07, 6.45) is 3.07. The third-order valence-corrected chi connectivity index (χ3v) is 5.78. The summed E-state index contributed by atoms with van der Waals surface area (Å²) in [4.78, 5) is 14.0. The minimum Gasteiger partial charge on any atom is -0.383 e. The maximum absolute atomic E-state index is 12.8. The van der Waals surface area contributed by atoms with E-state index in [2.05, 4.69) is 0 Å². The van der Waals surface area contributed by atoms with Crippen LogP contribution < -0.4 is 4.31 Å². The van der Waals surface area contributed by atoms with Gasteiger partial charge in [0.05, 0.1) is 10.7 Å². The number of hydrogen-bond acceptors (Lipinski definition) is 4. The highest BCUT2D eigenvalue weighted by Crippen LogP contribution is 2.27. The molecule has 25 heavy (non-hydrogen) atoms. The number of rotatable bonds is 6. The van der Waals surface area contributed by atoms with Gasteiger partial charge in [-0.05, 0) is 24.3 Å². The first-order chi connectivity index (χ1) is 11.7. The number of carbonyl (C=O) groups excluding carboxylic acids is 1. The summed E-state index contributed by atoms with van der Waals surface area (Å²) >= 11 is 6.02. The normalized spacial score (nSPS) is 11.5. The van der Waals surface area contributed by atoms with Gasteiger partial charge in [0.25, 0.3) is 10.0 Å². The average Bonchev–Trinajstić information content (AvgIpc) is 2.59. The van der Waals surface area contributed by atoms with Crippen LogP contribution in [0.15, 0.2) is 65.7 Å². The molecule has 0 bridgehead atoms. The molecule has 0 spiro atoms. The highest BCUT2D eigenvalue weighted by Gasteiger charge is 2.24. The summed E-state index contributed by atoms with van der Waals surface area (Å²) in [6, 6.07) is 12.7. The SMILES string of the molecule is CN(C)C=CC(=O)c1cccc(N(C)S(=O)(=O)c2ccccc2Cl)c1. The Balaban J connectivity index is 2.37. The van der Waals surface area contributed by atoms with Crippen molar-refractivity contribution in [2.75, 3.05) is 25.4 Å². The summed E-state index contributed by atoms with van der Waals surface area (Å²) < 4.78 is 26.7. The number of allylic oxidation sites excluding steroid dienone is 1. The van der Waals surface area contributed by atoms with Crippen LogP contribution >= 0.6 is 11.6 Å². The molecule has 2 rings (SSSR count). The van der Waals surface area contributed by atoms with Crippen LogP contribution in [0, 0.1) is 0 Å². The molecule has 7 heteroatoms. The van der Waals surface area contributed by atoms with Gasteiger partial charge >= 0.3 is 0 Å². The second kappa shape index (κ2) is 7.72. The standard InChI is InChI=1S/C18H19ClN2O3S/c1-20(2)12-11-17(22)14-7-6-8-15(13-14)21(3)25(23,24)18-10-5-4-9-16(18)19/h4-13H,1-3H3. The number of carbonyl (C=O) groups is 1. The van der Waals surface area contributed by atoms with Gasteiger partial charge in [-0.1, -0.05) is 35.9 Å². The second-order valence-electron chi connectivity index (χ2n) is 5.60. The van der Waals surface area contributed by atoms with Gasteiger partial charge in [0, 0.05) is 39.0 Å². The lowest BCUT2D eigenvalue weighted by molar-refractivity contribution is 0.104. The maximum atomic E-state index is 12.8. The monoisotopic (exact) mass is 378 g/mol. The minimum absolute atomic E-state index is 0.0170. The first kappa shape index (κ1) is 19.0. The van der Waals surface area contributed by atoms with Gasteiger partial charge in [-0.3, -0.25) is 9.10 Å². The van der Waals surface area contributed by atoms with Gasteiger partial charge in [0.2, 0.25) is 0 Å². The zero-order chi connectivity index (χ0) is 18.6. The molecule has 132 valence electrons. The van der Waals surface area contributed by atoms with E-state index in [1.54, 1.807) is 41.4 Å². The van der Waals surface area contributed by atoms with Crippen molar-refractivity contribution in [3.8, 4) is 0 Å². The molecule has 0 saturated carbocycles. The lowest BCUT2D eigenvalue weighted by Crippen LogP contribution is -2.27. The van der Waals surface area contributed by atoms with Gasteiger partial charge in [-0.25, -0.2) is 8.42 Å². The Morgan fingerprint density at radius 3 is 2.36 bits per heavy atom. The molecular formula is C18H19ClN2O3S. The lowest BCUT2D eigenvalue weighted by atomic mass is 10.1. The molecule has 0 amide bonds. The number of sulfonamides is 1. The van der Waals surface area contributed by atoms with Crippen LogP contribution in [-0.4, -0.2) is 40.2 Å². The smallest absolute Gasteiger partial charge is 0.265 e. The van der Waals surface area contributed by atoms with Gasteiger partial charge in [0.1, 0.15) is 4.90 Å². The summed E-state index contributed by atoms with van der Waals surface area (Å²) in [5.74, 6) is -0.209. The fraction of sp³-hybridized carbons (Fsp3) is 0.167. The van der Waals surface area contributed by atoms with Crippen molar-refractivity contribution in [3.63, 3.8) is 0 Å². The molecule has 0 fully saturated rings. The third-order valence-electron chi connectivity index (χ3n) is 3.49. The summed E-state index contributed by atoms with van der Waals surface area (Å²) in [7, 11) is 1.22. The quantitative estimate of drug-likeness (QED) is 0.571. The Morgan fingerprint density at radius 1 is 1.04 bits per heavy atom. The van der Waals surface area contributed by atoms with Gasteiger partial charge in [0.15, 0.2) is 5.78 Å². The number of benzene rings is 2. The van der Waals surface area contributed by atoms with Crippen molar-refractivity contribution >= 4 is 33.1 Å². The van der Waals surface area contributed by atoms with E-state index in [0.29, 0.717) is 11.3 Å². The topological polar surface area (TPSA) is 57.7 Å². The molecule has 0 aliphatic heterocycles. The van der Waals surface area contributed by atoms with Crippen LogP contribution in [-0.2, 0) is 10.0 Å². The Hall–Kier alpha value is -2.31. The zero-order valence-electron chi connectivity index (χ0n) is 14.2. The fourth-order valence-corrected chi connectivity index (χ4v) is 3.79. The summed E-state index contributed by atoms with van der Waals surface area (Å²) in [5.41, 5.74) is 0.779. The highest BCUT2D eigenvalue weighted by atomic mass is 35.5. The van der Waals surface area contributed by atoms with Gasteiger partial charge < -0.3 is 4.90 Å². The molecule has 2 aromatic carbocycles. The molecule has 0 aromatic heterocycles. The number of halogens is 1. The molecular weight excluding hydrogens is 360 g/mol. The first-order valence-corrected chi connectivity index (χ1v) is 9.28. The van der Waals surface area contributed by atoms with Crippen LogP contribution in [0.3, 0.4) is 0 Å². The molecule has 0 aliphatic carbocycles. The zero-order valence-corrected chi connectivity index (χ0v) is 15.8. The minimum atomic E-state index is -3.83. The molecule has 0 N–H and O–H groups in total. The Morgan fingerprint density at radius 2 is 1.72 bits per heavy atom. The van der Waals surface area contributed by atoms with E-state index in [9.17, 15) is 13.2 Å². The van der Waals surface area contributed by atoms with E-state index < -0.39 is 10.0 Å². The van der Waals surface area contributed by atoms with Gasteiger partial charge in [-0.2, -0.15) is 0 Å². The van der Waals surface area contributed by atoms with E-state index in [1.165, 1.54) is 31.3 Å². The van der Waals surface area contributed by atoms with E-state index in [0.717, 1.165) is 4.31 Å². The Bertz CT molecular complexity index is 908. The van der Waals surface area contributed by atoms with Crippen LogP contribution in [0.5, 0.6) is 0 Å². The van der Waals surface area contributed by atoms with E-state index in [1.807, 2.05) is 14.1 Å². The molecule has 0 radical (unpaired) electrons. The Labute approximate surface area is 153 Å². The summed E-state index contributed by atoms with van der Waals surface area (Å²) in [6.45, 7) is 0. The van der Waals surface area contributed by atoms with E-state index in [4.69, 9.17) is 11.6 Å². The van der Waals surface area contributed by atoms with Crippen molar-refractivity contribution in [2.45, 2.75) is 4.90 Å². The maximum Gasteiger partial charge on any atom is 0.265 e. The second-order valence-corrected chi connectivity index (χ2v) is 7.94. The van der Waals surface area contributed by atoms with Crippen molar-refractivity contribution in [1.82, 2.24) is 4.90 Å². The van der Waals surface area contributed by atoms with Crippen LogP contribution in [0.4, 0.5) is 5.69 Å². The summed E-state index contributed by atoms with van der Waals surface area (Å²) in [5, 5.41) is 0.149. The molecule has 0 heterocycles. The molecule has 2 aromatic rings. The fourth-order valence-electron chi connectivity index (χ4n) is 2.11. The molecule has 0 aliphatic rings. The Kier molecular flexibility index (Phi) is 5.87. The van der Waals surface area contributed by atoms with Crippen molar-refractivity contribution in [3.05, 3.63) is 71.4 Å². The number of anilines is 1. The first-order valence-electron chi connectivity index (χ1n) is 7.46. The van der Waals surface area contributed by atoms with E-state index >= 15 is 0 Å². The number of ketones is 1. The van der Waals surface area contributed by atoms with Crippen LogP contribution in [0.2, 0.25) is 5.02 Å². The number of nitrogens with zero attached hydrogens (tertiary/aromatic N) is 2. The lowest BCUT2D eigenvalue weighted by Gasteiger charge is -2.20. The largest absolute Gasteiger partial charge is 0.383 e. The molecule has 0 unspecified atom stereocenters. The average molecular weight is 379 g/mol. The number of hydrogen-bond donors (Lipinski definition) is 0. The van der Waals surface area contributed by atoms with Crippen LogP contribution in [0.25, 0.3) is 0 Å². The molecule has 0 saturated heterocycles. The molecule has 0 atom stereocenters. The predicted octanol–water partition coefficient (Wildman–Crippen LogP) is 3.42. The van der Waals surface area contributed by atoms with Crippen LogP contribution in [0.1, 0.15) is 10.4 Å². The van der Waals surface area contributed by atoms with Crippen molar-refractivity contribution < 1.29 is 13.2 Å². The predicted molar refractivity (Wildman–Crippen MR) is 101 cm³/mol. The van der Waals surface area contributed by atoms with Gasteiger partial charge in [-0.15, -0.1) is 0 Å². The van der Waals surface area contributed by atoms with Crippen molar-refractivity contribution in [2.24, 2.45) is 0 Å².